The Kier molecular flexibility index (Phi) is 4.01. The van der Waals surface area contributed by atoms with Crippen LogP contribution in [0.5, 0.6) is 5.75 Å². The first-order valence-electron chi connectivity index (χ1n) is 7.04. The SMILES string of the molecule is Oc1ccc(C(=Cc2cccc(F)c2)c2ccccc2)cc1. The van der Waals surface area contributed by atoms with Crippen molar-refractivity contribution in [1.82, 2.24) is 0 Å². The lowest BCUT2D eigenvalue weighted by Gasteiger charge is -2.09. The molecule has 3 aromatic rings. The van der Waals surface area contributed by atoms with Crippen molar-refractivity contribution < 1.29 is 9.50 Å². The molecular weight excluding hydrogens is 275 g/mol. The van der Waals surface area contributed by atoms with E-state index in [0.717, 1.165) is 22.3 Å². The van der Waals surface area contributed by atoms with E-state index in [9.17, 15) is 9.50 Å². The quantitative estimate of drug-likeness (QED) is 0.664. The Balaban J connectivity index is 2.13. The Hall–Kier alpha value is -2.87. The van der Waals surface area contributed by atoms with E-state index in [1.807, 2.05) is 54.6 Å². The first-order valence-corrected chi connectivity index (χ1v) is 7.04. The molecule has 0 saturated carbocycles. The largest absolute Gasteiger partial charge is 0.508 e. The van der Waals surface area contributed by atoms with Crippen LogP contribution in [0, 0.1) is 5.82 Å². The lowest BCUT2D eigenvalue weighted by atomic mass is 9.95. The summed E-state index contributed by atoms with van der Waals surface area (Å²) >= 11 is 0. The van der Waals surface area contributed by atoms with Gasteiger partial charge in [-0.25, -0.2) is 4.39 Å². The van der Waals surface area contributed by atoms with Crippen molar-refractivity contribution in [3.8, 4) is 5.75 Å². The molecular formula is C20H15FO. The van der Waals surface area contributed by atoms with Gasteiger partial charge in [0, 0.05) is 0 Å². The van der Waals surface area contributed by atoms with Crippen LogP contribution < -0.4 is 0 Å². The van der Waals surface area contributed by atoms with E-state index in [4.69, 9.17) is 0 Å². The number of halogens is 1. The average Bonchev–Trinajstić information content (AvgIpc) is 2.55. The average molecular weight is 290 g/mol. The smallest absolute Gasteiger partial charge is 0.123 e. The molecule has 0 fully saturated rings. The van der Waals surface area contributed by atoms with Crippen LogP contribution in [-0.2, 0) is 0 Å². The summed E-state index contributed by atoms with van der Waals surface area (Å²) in [6.07, 6.45) is 1.95. The van der Waals surface area contributed by atoms with Gasteiger partial charge >= 0.3 is 0 Å². The predicted octanol–water partition coefficient (Wildman–Crippen LogP) is 5.12. The third kappa shape index (κ3) is 3.23. The van der Waals surface area contributed by atoms with E-state index >= 15 is 0 Å². The van der Waals surface area contributed by atoms with Crippen molar-refractivity contribution in [3.05, 3.63) is 101 Å². The van der Waals surface area contributed by atoms with E-state index in [-0.39, 0.29) is 11.6 Å². The molecule has 0 spiro atoms. The van der Waals surface area contributed by atoms with Crippen LogP contribution in [0.25, 0.3) is 11.6 Å². The molecule has 1 N–H and O–H groups in total. The fourth-order valence-electron chi connectivity index (χ4n) is 2.36. The second-order valence-electron chi connectivity index (χ2n) is 5.03. The van der Waals surface area contributed by atoms with Gasteiger partial charge < -0.3 is 5.11 Å². The van der Waals surface area contributed by atoms with E-state index in [2.05, 4.69) is 0 Å². The van der Waals surface area contributed by atoms with E-state index < -0.39 is 0 Å². The zero-order valence-corrected chi connectivity index (χ0v) is 11.9. The number of hydrogen-bond donors (Lipinski definition) is 1. The Morgan fingerprint density at radius 3 is 2.14 bits per heavy atom. The van der Waals surface area contributed by atoms with E-state index in [1.54, 1.807) is 18.2 Å². The third-order valence-corrected chi connectivity index (χ3v) is 3.42. The molecule has 3 aromatic carbocycles. The summed E-state index contributed by atoms with van der Waals surface area (Å²) in [7, 11) is 0. The number of rotatable bonds is 3. The van der Waals surface area contributed by atoms with Crippen LogP contribution in [0.15, 0.2) is 78.9 Å². The minimum atomic E-state index is -0.258. The van der Waals surface area contributed by atoms with Crippen LogP contribution in [0.2, 0.25) is 0 Å². The Morgan fingerprint density at radius 1 is 0.773 bits per heavy atom. The van der Waals surface area contributed by atoms with Crippen LogP contribution in [0.3, 0.4) is 0 Å². The van der Waals surface area contributed by atoms with Crippen molar-refractivity contribution in [3.63, 3.8) is 0 Å². The highest BCUT2D eigenvalue weighted by Crippen LogP contribution is 2.27. The lowest BCUT2D eigenvalue weighted by molar-refractivity contribution is 0.475. The van der Waals surface area contributed by atoms with Crippen molar-refractivity contribution >= 4 is 11.6 Å². The summed E-state index contributed by atoms with van der Waals surface area (Å²) in [5.74, 6) is -0.0335. The van der Waals surface area contributed by atoms with Crippen LogP contribution >= 0.6 is 0 Å². The third-order valence-electron chi connectivity index (χ3n) is 3.42. The van der Waals surface area contributed by atoms with Gasteiger partial charge in [-0.2, -0.15) is 0 Å². The molecule has 0 radical (unpaired) electrons. The molecule has 0 heterocycles. The summed E-state index contributed by atoms with van der Waals surface area (Å²) in [4.78, 5) is 0. The summed E-state index contributed by atoms with van der Waals surface area (Å²) in [5.41, 5.74) is 3.78. The van der Waals surface area contributed by atoms with Gasteiger partial charge in [0.2, 0.25) is 0 Å². The zero-order chi connectivity index (χ0) is 15.4. The van der Waals surface area contributed by atoms with Crippen molar-refractivity contribution in [2.75, 3.05) is 0 Å². The number of phenols is 1. The summed E-state index contributed by atoms with van der Waals surface area (Å²) in [6, 6.07) is 23.4. The number of phenolic OH excluding ortho intramolecular Hbond substituents is 1. The van der Waals surface area contributed by atoms with E-state index in [0.29, 0.717) is 0 Å². The van der Waals surface area contributed by atoms with Gasteiger partial charge in [-0.15, -0.1) is 0 Å². The molecule has 0 aliphatic rings. The Labute approximate surface area is 129 Å². The van der Waals surface area contributed by atoms with Crippen LogP contribution in [0.4, 0.5) is 4.39 Å². The van der Waals surface area contributed by atoms with Crippen molar-refractivity contribution in [1.29, 1.82) is 0 Å². The standard InChI is InChI=1S/C20H15FO/c21-18-8-4-5-15(13-18)14-20(16-6-2-1-3-7-16)17-9-11-19(22)12-10-17/h1-14,22H. The van der Waals surface area contributed by atoms with Crippen molar-refractivity contribution in [2.45, 2.75) is 0 Å². The Morgan fingerprint density at radius 2 is 1.45 bits per heavy atom. The van der Waals surface area contributed by atoms with Crippen LogP contribution in [-0.4, -0.2) is 5.11 Å². The first-order chi connectivity index (χ1) is 10.7. The first kappa shape index (κ1) is 14.1. The van der Waals surface area contributed by atoms with Gasteiger partial charge in [0.15, 0.2) is 0 Å². The number of hydrogen-bond acceptors (Lipinski definition) is 1. The normalized spacial score (nSPS) is 11.4. The summed E-state index contributed by atoms with van der Waals surface area (Å²) < 4.78 is 13.4. The maximum atomic E-state index is 13.4. The predicted molar refractivity (Wildman–Crippen MR) is 87.9 cm³/mol. The second kappa shape index (κ2) is 6.27. The van der Waals surface area contributed by atoms with Gasteiger partial charge in [-0.05, 0) is 52.6 Å². The minimum Gasteiger partial charge on any atom is -0.508 e. The maximum absolute atomic E-state index is 13.4. The van der Waals surface area contributed by atoms with Crippen molar-refractivity contribution in [2.24, 2.45) is 0 Å². The minimum absolute atomic E-state index is 0.224. The van der Waals surface area contributed by atoms with Gasteiger partial charge in [0.25, 0.3) is 0 Å². The fourth-order valence-corrected chi connectivity index (χ4v) is 2.36. The molecule has 3 rings (SSSR count). The molecule has 1 nitrogen and oxygen atoms in total. The molecule has 108 valence electrons. The molecule has 0 aliphatic carbocycles. The monoisotopic (exact) mass is 290 g/mol. The molecule has 0 atom stereocenters. The highest BCUT2D eigenvalue weighted by atomic mass is 19.1. The molecule has 0 aliphatic heterocycles. The topological polar surface area (TPSA) is 20.2 Å². The van der Waals surface area contributed by atoms with Gasteiger partial charge in [-0.1, -0.05) is 54.6 Å². The highest BCUT2D eigenvalue weighted by molar-refractivity contribution is 5.91. The molecule has 0 amide bonds. The van der Waals surface area contributed by atoms with Gasteiger partial charge in [0.05, 0.1) is 0 Å². The summed E-state index contributed by atoms with van der Waals surface area (Å²) in [6.45, 7) is 0. The van der Waals surface area contributed by atoms with Gasteiger partial charge in [-0.3, -0.25) is 0 Å². The summed E-state index contributed by atoms with van der Waals surface area (Å²) in [5, 5.41) is 9.47. The highest BCUT2D eigenvalue weighted by Gasteiger charge is 2.05. The molecule has 0 bridgehead atoms. The molecule has 2 heteroatoms. The fraction of sp³-hybridized carbons (Fsp3) is 0. The Bertz CT molecular complexity index is 789. The maximum Gasteiger partial charge on any atom is 0.123 e. The lowest BCUT2D eigenvalue weighted by Crippen LogP contribution is -1.88. The number of benzene rings is 3. The zero-order valence-electron chi connectivity index (χ0n) is 11.9. The van der Waals surface area contributed by atoms with E-state index in [1.165, 1.54) is 12.1 Å². The van der Waals surface area contributed by atoms with Crippen LogP contribution in [0.1, 0.15) is 16.7 Å². The van der Waals surface area contributed by atoms with Gasteiger partial charge in [0.1, 0.15) is 11.6 Å². The molecule has 0 aromatic heterocycles. The molecule has 0 saturated heterocycles. The number of aromatic hydroxyl groups is 1. The molecule has 22 heavy (non-hydrogen) atoms. The molecule has 0 unspecified atom stereocenters. The second-order valence-corrected chi connectivity index (χ2v) is 5.03.